The zero-order valence-corrected chi connectivity index (χ0v) is 19.3. The van der Waals surface area contributed by atoms with Gasteiger partial charge in [0, 0.05) is 36.1 Å². The van der Waals surface area contributed by atoms with Crippen LogP contribution in [-0.2, 0) is 11.3 Å². The average molecular weight is 423 g/mol. The Labute approximate surface area is 185 Å². The average Bonchev–Trinajstić information content (AvgIpc) is 2.69. The summed E-state index contributed by atoms with van der Waals surface area (Å²) in [5.41, 5.74) is 4.32. The lowest BCUT2D eigenvalue weighted by Crippen LogP contribution is -2.46. The number of nitrogens with one attached hydrogen (secondary N) is 2. The Balaban J connectivity index is 1.58. The lowest BCUT2D eigenvalue weighted by Gasteiger charge is -2.33. The van der Waals surface area contributed by atoms with Crippen LogP contribution in [0.2, 0.25) is 0 Å². The van der Waals surface area contributed by atoms with Gasteiger partial charge in [-0.3, -0.25) is 19.5 Å². The first-order valence-corrected chi connectivity index (χ1v) is 11.0. The van der Waals surface area contributed by atoms with Gasteiger partial charge >= 0.3 is 0 Å². The normalized spacial score (nSPS) is 15.5. The number of nitrogens with zero attached hydrogens (tertiary/aromatic N) is 2. The molecule has 2 aromatic rings. The van der Waals surface area contributed by atoms with Crippen molar-refractivity contribution in [3.63, 3.8) is 0 Å². The summed E-state index contributed by atoms with van der Waals surface area (Å²) in [6.45, 7) is 12.6. The number of aromatic nitrogens is 1. The Bertz CT molecular complexity index is 941. The van der Waals surface area contributed by atoms with Crippen molar-refractivity contribution in [2.75, 3.05) is 18.4 Å². The summed E-state index contributed by atoms with van der Waals surface area (Å²) >= 11 is 0. The molecule has 0 bridgehead atoms. The maximum Gasteiger partial charge on any atom is 0.257 e. The summed E-state index contributed by atoms with van der Waals surface area (Å²) in [6, 6.07) is 8.04. The quantitative estimate of drug-likeness (QED) is 0.761. The number of carbonyl (C=O) groups excluding carboxylic acids is 2. The van der Waals surface area contributed by atoms with Crippen LogP contribution in [0.3, 0.4) is 0 Å². The highest BCUT2D eigenvalue weighted by Gasteiger charge is 2.27. The summed E-state index contributed by atoms with van der Waals surface area (Å²) < 4.78 is 0. The van der Waals surface area contributed by atoms with E-state index in [1.165, 1.54) is 0 Å². The van der Waals surface area contributed by atoms with E-state index >= 15 is 0 Å². The Morgan fingerprint density at radius 1 is 1.10 bits per heavy atom. The molecule has 0 unspecified atom stereocenters. The van der Waals surface area contributed by atoms with Gasteiger partial charge in [0.05, 0.1) is 5.56 Å². The minimum Gasteiger partial charge on any atom is -0.351 e. The van der Waals surface area contributed by atoms with Gasteiger partial charge in [-0.2, -0.15) is 0 Å². The summed E-state index contributed by atoms with van der Waals surface area (Å²) in [7, 11) is 0. The molecule has 0 atom stereocenters. The molecule has 6 heteroatoms. The van der Waals surface area contributed by atoms with E-state index in [-0.39, 0.29) is 23.3 Å². The van der Waals surface area contributed by atoms with Crippen molar-refractivity contribution in [3.8, 4) is 0 Å². The van der Waals surface area contributed by atoms with Crippen molar-refractivity contribution >= 4 is 17.5 Å². The van der Waals surface area contributed by atoms with E-state index < -0.39 is 0 Å². The number of likely N-dealkylation sites (tertiary alicyclic amines) is 1. The summed E-state index contributed by atoms with van der Waals surface area (Å²) in [4.78, 5) is 31.5. The Hall–Kier alpha value is -2.73. The third-order valence-corrected chi connectivity index (χ3v) is 5.55. The number of carbonyl (C=O) groups is 2. The first-order chi connectivity index (χ1) is 14.6. The first-order valence-electron chi connectivity index (χ1n) is 11.0. The van der Waals surface area contributed by atoms with E-state index in [4.69, 9.17) is 0 Å². The monoisotopic (exact) mass is 422 g/mol. The van der Waals surface area contributed by atoms with Gasteiger partial charge in [0.15, 0.2) is 0 Å². The third kappa shape index (κ3) is 6.62. The Kier molecular flexibility index (Phi) is 7.11. The molecule has 0 saturated carbocycles. The maximum atomic E-state index is 12.6. The van der Waals surface area contributed by atoms with Crippen molar-refractivity contribution in [1.29, 1.82) is 0 Å². The molecule has 1 aromatic carbocycles. The number of hydrogen-bond acceptors (Lipinski definition) is 4. The fourth-order valence-corrected chi connectivity index (χ4v) is 3.86. The molecule has 1 aromatic heterocycles. The van der Waals surface area contributed by atoms with E-state index in [2.05, 4.69) is 32.7 Å². The third-order valence-electron chi connectivity index (χ3n) is 5.55. The molecule has 1 aliphatic heterocycles. The molecular formula is C25H34N4O2. The molecule has 2 heterocycles. The highest BCUT2D eigenvalue weighted by atomic mass is 16.2. The lowest BCUT2D eigenvalue weighted by molar-refractivity contribution is -0.127. The summed E-state index contributed by atoms with van der Waals surface area (Å²) in [6.07, 6.45) is 5.06. The van der Waals surface area contributed by atoms with Crippen LogP contribution in [0.25, 0.3) is 0 Å². The van der Waals surface area contributed by atoms with E-state index in [9.17, 15) is 9.59 Å². The highest BCUT2D eigenvalue weighted by molar-refractivity contribution is 6.04. The predicted molar refractivity (Wildman–Crippen MR) is 124 cm³/mol. The lowest BCUT2D eigenvalue weighted by atomic mass is 9.94. The van der Waals surface area contributed by atoms with Gasteiger partial charge in [0.2, 0.25) is 5.91 Å². The molecule has 0 spiro atoms. The molecule has 0 radical (unpaired) electrons. The molecule has 1 fully saturated rings. The number of rotatable bonds is 5. The first kappa shape index (κ1) is 22.9. The van der Waals surface area contributed by atoms with Gasteiger partial charge in [-0.25, -0.2) is 0 Å². The molecule has 2 N–H and O–H groups in total. The van der Waals surface area contributed by atoms with Crippen LogP contribution in [0.4, 0.5) is 5.69 Å². The molecule has 1 aliphatic rings. The van der Waals surface area contributed by atoms with Gasteiger partial charge < -0.3 is 10.6 Å². The van der Waals surface area contributed by atoms with E-state index in [1.807, 2.05) is 46.8 Å². The number of amides is 2. The van der Waals surface area contributed by atoms with Crippen LogP contribution in [0.15, 0.2) is 36.7 Å². The Morgan fingerprint density at radius 3 is 2.45 bits per heavy atom. The zero-order valence-electron chi connectivity index (χ0n) is 19.3. The van der Waals surface area contributed by atoms with Gasteiger partial charge in [0.25, 0.3) is 5.91 Å². The largest absolute Gasteiger partial charge is 0.351 e. The van der Waals surface area contributed by atoms with Crippen molar-refractivity contribution in [3.05, 3.63) is 58.9 Å². The van der Waals surface area contributed by atoms with Gasteiger partial charge in [-0.15, -0.1) is 0 Å². The van der Waals surface area contributed by atoms with Crippen molar-refractivity contribution < 1.29 is 9.59 Å². The fourth-order valence-electron chi connectivity index (χ4n) is 3.86. The zero-order chi connectivity index (χ0) is 22.6. The van der Waals surface area contributed by atoms with Crippen LogP contribution in [0.1, 0.15) is 60.7 Å². The SMILES string of the molecule is Cc1cncc(C(=O)Nc2cc(CN3CCC(C(=O)NC(C)(C)C)CC3)ccc2C)c1. The van der Waals surface area contributed by atoms with Gasteiger partial charge in [-0.05, 0) is 89.4 Å². The number of anilines is 1. The second-order valence-corrected chi connectivity index (χ2v) is 9.64. The molecular weight excluding hydrogens is 388 g/mol. The molecule has 1 saturated heterocycles. The van der Waals surface area contributed by atoms with Crippen molar-refractivity contribution in [2.45, 2.75) is 59.5 Å². The van der Waals surface area contributed by atoms with Crippen LogP contribution < -0.4 is 10.6 Å². The smallest absolute Gasteiger partial charge is 0.257 e. The second-order valence-electron chi connectivity index (χ2n) is 9.64. The number of pyridine rings is 1. The topological polar surface area (TPSA) is 74.3 Å². The van der Waals surface area contributed by atoms with Crippen molar-refractivity contribution in [1.82, 2.24) is 15.2 Å². The van der Waals surface area contributed by atoms with Gasteiger partial charge in [0.1, 0.15) is 0 Å². The maximum absolute atomic E-state index is 12.6. The number of aryl methyl sites for hydroxylation is 2. The van der Waals surface area contributed by atoms with E-state index in [0.29, 0.717) is 5.56 Å². The standard InChI is InChI=1S/C25H34N4O2/c1-17-12-21(15-26-14-17)23(30)27-22-13-19(7-6-18(22)2)16-29-10-8-20(9-11-29)24(31)28-25(3,4)5/h6-7,12-15,20H,8-11,16H2,1-5H3,(H,27,30)(H,28,31). The second kappa shape index (κ2) is 9.60. The van der Waals surface area contributed by atoms with Crippen molar-refractivity contribution in [2.24, 2.45) is 5.92 Å². The minimum absolute atomic E-state index is 0.0891. The van der Waals surface area contributed by atoms with Crippen LogP contribution in [0.5, 0.6) is 0 Å². The van der Waals surface area contributed by atoms with Gasteiger partial charge in [-0.1, -0.05) is 12.1 Å². The summed E-state index contributed by atoms with van der Waals surface area (Å²) in [5, 5.41) is 6.12. The molecule has 31 heavy (non-hydrogen) atoms. The molecule has 2 amide bonds. The Morgan fingerprint density at radius 2 is 1.81 bits per heavy atom. The van der Waals surface area contributed by atoms with E-state index in [1.54, 1.807) is 12.4 Å². The number of benzene rings is 1. The fraction of sp³-hybridized carbons (Fsp3) is 0.480. The van der Waals surface area contributed by atoms with Crippen LogP contribution in [-0.4, -0.2) is 40.3 Å². The summed E-state index contributed by atoms with van der Waals surface area (Å²) in [5.74, 6) is 0.103. The highest BCUT2D eigenvalue weighted by Crippen LogP contribution is 2.23. The minimum atomic E-state index is -0.189. The molecule has 166 valence electrons. The van der Waals surface area contributed by atoms with E-state index in [0.717, 1.165) is 54.9 Å². The van der Waals surface area contributed by atoms with Crippen LogP contribution >= 0.6 is 0 Å². The molecule has 3 rings (SSSR count). The number of piperidine rings is 1. The molecule has 0 aliphatic carbocycles. The molecule has 6 nitrogen and oxygen atoms in total. The number of hydrogen-bond donors (Lipinski definition) is 2. The predicted octanol–water partition coefficient (Wildman–Crippen LogP) is 4.08. The van der Waals surface area contributed by atoms with Crippen LogP contribution in [0, 0.1) is 19.8 Å².